The van der Waals surface area contributed by atoms with Gasteiger partial charge >= 0.3 is 7.05 Å². The Morgan fingerprint density at radius 2 is 2.00 bits per heavy atom. The molecule has 6 heteroatoms. The van der Waals surface area contributed by atoms with Gasteiger partial charge in [-0.2, -0.15) is 5.10 Å². The third-order valence-corrected chi connectivity index (χ3v) is 3.81. The lowest BCUT2D eigenvalue weighted by Gasteiger charge is -2.36. The first-order chi connectivity index (χ1) is 9.15. The van der Waals surface area contributed by atoms with Crippen LogP contribution in [0.5, 0.6) is 0 Å². The normalized spacial score (nSPS) is 17.1. The fourth-order valence-corrected chi connectivity index (χ4v) is 2.73. The van der Waals surface area contributed by atoms with Crippen LogP contribution in [0.25, 0.3) is 5.52 Å². The first-order valence-electron chi connectivity index (χ1n) is 6.76. The van der Waals surface area contributed by atoms with Gasteiger partial charge in [0.1, 0.15) is 0 Å². The molecule has 0 aromatic carbocycles. The third-order valence-electron chi connectivity index (χ3n) is 3.81. The highest BCUT2D eigenvalue weighted by atomic mass is 16.2. The molecule has 3 rings (SSSR count). The van der Waals surface area contributed by atoms with Gasteiger partial charge in [0.25, 0.3) is 0 Å². The first-order valence-corrected chi connectivity index (χ1v) is 6.76. The van der Waals surface area contributed by atoms with Crippen molar-refractivity contribution in [3.63, 3.8) is 0 Å². The molecule has 100 valence electrons. The van der Waals surface area contributed by atoms with E-state index in [4.69, 9.17) is 0 Å². The predicted molar refractivity (Wildman–Crippen MR) is 77.6 cm³/mol. The first kappa shape index (κ1) is 12.5. The van der Waals surface area contributed by atoms with E-state index >= 15 is 0 Å². The molecular formula is C13H19BN4O. The van der Waals surface area contributed by atoms with E-state index in [9.17, 15) is 5.02 Å². The SMILES string of the molecule is CB(O)N1CCN(c2ccnn3cc(C)cc23)CC1. The third kappa shape index (κ3) is 2.33. The van der Waals surface area contributed by atoms with Crippen LogP contribution in [0.15, 0.2) is 24.5 Å². The van der Waals surface area contributed by atoms with Crippen LogP contribution in [0.4, 0.5) is 5.69 Å². The van der Waals surface area contributed by atoms with Crippen molar-refractivity contribution >= 4 is 18.3 Å². The standard InChI is InChI=1S/C13H19BN4O/c1-11-9-13-12(3-4-15-18(13)10-11)16-5-7-17(8-6-16)14(2)19/h3-4,9-10,19H,5-8H2,1-2H3. The lowest BCUT2D eigenvalue weighted by Crippen LogP contribution is -2.51. The molecule has 3 heterocycles. The summed E-state index contributed by atoms with van der Waals surface area (Å²) in [7, 11) is -0.352. The lowest BCUT2D eigenvalue weighted by atomic mass is 9.84. The molecule has 0 spiro atoms. The molecule has 0 unspecified atom stereocenters. The van der Waals surface area contributed by atoms with Gasteiger partial charge in [-0.05, 0) is 31.4 Å². The number of fused-ring (bicyclic) bond motifs is 1. The molecule has 2 aromatic heterocycles. The van der Waals surface area contributed by atoms with E-state index in [0.717, 1.165) is 31.7 Å². The Morgan fingerprint density at radius 3 is 2.68 bits per heavy atom. The minimum Gasteiger partial charge on any atom is -0.437 e. The summed E-state index contributed by atoms with van der Waals surface area (Å²) in [5, 5.41) is 13.9. The molecule has 2 aromatic rings. The number of piperazine rings is 1. The van der Waals surface area contributed by atoms with Crippen LogP contribution < -0.4 is 4.90 Å². The maximum absolute atomic E-state index is 9.60. The summed E-state index contributed by atoms with van der Waals surface area (Å²) >= 11 is 0. The summed E-state index contributed by atoms with van der Waals surface area (Å²) in [5.41, 5.74) is 3.61. The molecule has 0 bridgehead atoms. The Bertz CT molecular complexity index is 575. The quantitative estimate of drug-likeness (QED) is 0.812. The van der Waals surface area contributed by atoms with Gasteiger partial charge in [-0.1, -0.05) is 0 Å². The minimum atomic E-state index is -0.352. The van der Waals surface area contributed by atoms with Gasteiger partial charge in [0.15, 0.2) is 0 Å². The lowest BCUT2D eigenvalue weighted by molar-refractivity contribution is 0.345. The summed E-state index contributed by atoms with van der Waals surface area (Å²) in [6.45, 7) is 7.59. The average Bonchev–Trinajstić information content (AvgIpc) is 2.78. The Morgan fingerprint density at radius 1 is 1.26 bits per heavy atom. The number of anilines is 1. The predicted octanol–water partition coefficient (Wildman–Crippen LogP) is 0.875. The van der Waals surface area contributed by atoms with Crippen molar-refractivity contribution in [3.8, 4) is 0 Å². The Balaban J connectivity index is 1.85. The van der Waals surface area contributed by atoms with Gasteiger partial charge in [0.2, 0.25) is 0 Å². The summed E-state index contributed by atoms with van der Waals surface area (Å²) in [6, 6.07) is 4.25. The zero-order chi connectivity index (χ0) is 13.4. The molecular weight excluding hydrogens is 239 g/mol. The second kappa shape index (κ2) is 4.87. The molecule has 0 atom stereocenters. The van der Waals surface area contributed by atoms with Crippen molar-refractivity contribution in [1.29, 1.82) is 0 Å². The van der Waals surface area contributed by atoms with Gasteiger partial charge in [-0.15, -0.1) is 0 Å². The zero-order valence-corrected chi connectivity index (χ0v) is 11.5. The summed E-state index contributed by atoms with van der Waals surface area (Å²) < 4.78 is 1.94. The number of rotatable bonds is 2. The van der Waals surface area contributed by atoms with Crippen molar-refractivity contribution < 1.29 is 5.02 Å². The fraction of sp³-hybridized carbons (Fsp3) is 0.462. The number of aromatic nitrogens is 2. The summed E-state index contributed by atoms with van der Waals surface area (Å²) in [6.07, 6.45) is 3.90. The molecule has 1 aliphatic rings. The maximum Gasteiger partial charge on any atom is 0.376 e. The van der Waals surface area contributed by atoms with Crippen LogP contribution >= 0.6 is 0 Å². The molecule has 19 heavy (non-hydrogen) atoms. The van der Waals surface area contributed by atoms with Crippen molar-refractivity contribution in [2.24, 2.45) is 0 Å². The van der Waals surface area contributed by atoms with E-state index in [1.165, 1.54) is 11.3 Å². The largest absolute Gasteiger partial charge is 0.437 e. The number of hydrogen-bond acceptors (Lipinski definition) is 4. The van der Waals surface area contributed by atoms with Crippen LogP contribution in [-0.4, -0.2) is 52.7 Å². The number of hydrogen-bond donors (Lipinski definition) is 1. The van der Waals surface area contributed by atoms with Crippen LogP contribution in [0.3, 0.4) is 0 Å². The highest BCUT2D eigenvalue weighted by molar-refractivity contribution is 6.45. The summed E-state index contributed by atoms with van der Waals surface area (Å²) in [5.74, 6) is 0. The second-order valence-corrected chi connectivity index (χ2v) is 5.22. The van der Waals surface area contributed by atoms with E-state index in [1.807, 2.05) is 23.7 Å². The Labute approximate surface area is 113 Å². The molecule has 0 radical (unpaired) electrons. The van der Waals surface area contributed by atoms with Crippen molar-refractivity contribution in [2.75, 3.05) is 31.1 Å². The minimum absolute atomic E-state index is 0.352. The topological polar surface area (TPSA) is 44.0 Å². The molecule has 0 amide bonds. The highest BCUT2D eigenvalue weighted by Gasteiger charge is 2.23. The maximum atomic E-state index is 9.60. The van der Waals surface area contributed by atoms with Gasteiger partial charge < -0.3 is 14.7 Å². The Kier molecular flexibility index (Phi) is 3.20. The van der Waals surface area contributed by atoms with Gasteiger partial charge in [-0.25, -0.2) is 4.52 Å². The highest BCUT2D eigenvalue weighted by Crippen LogP contribution is 2.23. The van der Waals surface area contributed by atoms with E-state index < -0.39 is 0 Å². The second-order valence-electron chi connectivity index (χ2n) is 5.22. The monoisotopic (exact) mass is 258 g/mol. The Hall–Kier alpha value is -1.53. The molecule has 1 aliphatic heterocycles. The molecule has 0 saturated carbocycles. The number of nitrogens with zero attached hydrogens (tertiary/aromatic N) is 4. The molecule has 5 nitrogen and oxygen atoms in total. The van der Waals surface area contributed by atoms with Crippen LogP contribution in [0, 0.1) is 6.92 Å². The van der Waals surface area contributed by atoms with E-state index in [0.29, 0.717) is 0 Å². The van der Waals surface area contributed by atoms with E-state index in [1.54, 1.807) is 0 Å². The van der Waals surface area contributed by atoms with Crippen LogP contribution in [-0.2, 0) is 0 Å². The van der Waals surface area contributed by atoms with Gasteiger partial charge in [0.05, 0.1) is 11.2 Å². The molecule has 1 N–H and O–H groups in total. The van der Waals surface area contributed by atoms with Gasteiger partial charge in [0, 0.05) is 38.6 Å². The van der Waals surface area contributed by atoms with E-state index in [-0.39, 0.29) is 7.05 Å². The van der Waals surface area contributed by atoms with Crippen LogP contribution in [0.1, 0.15) is 5.56 Å². The summed E-state index contributed by atoms with van der Waals surface area (Å²) in [4.78, 5) is 4.47. The van der Waals surface area contributed by atoms with Crippen molar-refractivity contribution in [1.82, 2.24) is 14.4 Å². The van der Waals surface area contributed by atoms with Crippen molar-refractivity contribution in [3.05, 3.63) is 30.1 Å². The smallest absolute Gasteiger partial charge is 0.376 e. The van der Waals surface area contributed by atoms with Crippen LogP contribution in [0.2, 0.25) is 6.82 Å². The fourth-order valence-electron chi connectivity index (χ4n) is 2.73. The molecule has 0 aliphatic carbocycles. The van der Waals surface area contributed by atoms with E-state index in [2.05, 4.69) is 33.9 Å². The van der Waals surface area contributed by atoms with Crippen molar-refractivity contribution in [2.45, 2.75) is 13.7 Å². The zero-order valence-electron chi connectivity index (χ0n) is 11.5. The van der Waals surface area contributed by atoms with Gasteiger partial charge in [-0.3, -0.25) is 0 Å². The molecule has 1 saturated heterocycles. The molecule has 1 fully saturated rings. The number of aryl methyl sites for hydroxylation is 1. The average molecular weight is 258 g/mol.